The van der Waals surface area contributed by atoms with Gasteiger partial charge in [0.15, 0.2) is 0 Å². The molecular weight excluding hydrogens is 324 g/mol. The predicted octanol–water partition coefficient (Wildman–Crippen LogP) is 1.26. The number of hydrogen-bond acceptors (Lipinski definition) is 3. The van der Waals surface area contributed by atoms with Crippen molar-refractivity contribution < 1.29 is 14.4 Å². The van der Waals surface area contributed by atoms with E-state index in [1.165, 1.54) is 4.90 Å². The smallest absolute Gasteiger partial charge is 0.252 e. The summed E-state index contributed by atoms with van der Waals surface area (Å²) in [6, 6.07) is 7.37. The molecule has 0 aliphatic carbocycles. The highest BCUT2D eigenvalue weighted by Gasteiger charge is 2.43. The lowest BCUT2D eigenvalue weighted by atomic mass is 9.97. The average Bonchev–Trinajstić information content (AvgIpc) is 2.37. The van der Waals surface area contributed by atoms with Crippen molar-refractivity contribution in [3.63, 3.8) is 0 Å². The first-order chi connectivity index (χ1) is 9.30. The van der Waals surface area contributed by atoms with Gasteiger partial charge in [0.05, 0.1) is 6.42 Å². The van der Waals surface area contributed by atoms with Crippen LogP contribution in [0.25, 0.3) is 0 Å². The van der Waals surface area contributed by atoms with E-state index in [1.54, 1.807) is 13.8 Å². The van der Waals surface area contributed by atoms with Gasteiger partial charge in [-0.2, -0.15) is 0 Å². The lowest BCUT2D eigenvalue weighted by Gasteiger charge is -2.40. The number of nitrogens with zero attached hydrogens (tertiary/aromatic N) is 1. The van der Waals surface area contributed by atoms with E-state index in [9.17, 15) is 14.4 Å². The number of carbonyl (C=O) groups excluding carboxylic acids is 3. The van der Waals surface area contributed by atoms with Gasteiger partial charge >= 0.3 is 0 Å². The second-order valence-corrected chi connectivity index (χ2v) is 6.14. The van der Waals surface area contributed by atoms with E-state index in [-0.39, 0.29) is 18.9 Å². The molecule has 1 heterocycles. The highest BCUT2D eigenvalue weighted by Crippen LogP contribution is 2.20. The number of halogens is 1. The number of rotatable bonds is 2. The summed E-state index contributed by atoms with van der Waals surface area (Å²) in [5.74, 6) is -1.13. The van der Waals surface area contributed by atoms with Crippen LogP contribution in [0.15, 0.2) is 28.7 Å². The lowest BCUT2D eigenvalue weighted by Crippen LogP contribution is -2.65. The van der Waals surface area contributed by atoms with Crippen molar-refractivity contribution in [1.29, 1.82) is 0 Å². The van der Waals surface area contributed by atoms with E-state index in [0.29, 0.717) is 0 Å². The molecular formula is C14H15BrN2O3. The Morgan fingerprint density at radius 2 is 1.90 bits per heavy atom. The Bertz CT molecular complexity index is 566. The minimum atomic E-state index is -1.01. The maximum Gasteiger partial charge on any atom is 0.252 e. The van der Waals surface area contributed by atoms with Gasteiger partial charge in [-0.1, -0.05) is 28.1 Å². The Morgan fingerprint density at radius 3 is 2.50 bits per heavy atom. The van der Waals surface area contributed by atoms with Crippen molar-refractivity contribution in [3.05, 3.63) is 34.3 Å². The maximum atomic E-state index is 12.3. The number of amides is 3. The van der Waals surface area contributed by atoms with Crippen LogP contribution in [0.5, 0.6) is 0 Å². The first-order valence-electron chi connectivity index (χ1n) is 6.20. The van der Waals surface area contributed by atoms with Gasteiger partial charge < -0.3 is 4.90 Å². The molecule has 1 aromatic rings. The summed E-state index contributed by atoms with van der Waals surface area (Å²) < 4.78 is 0.932. The van der Waals surface area contributed by atoms with Crippen LogP contribution in [-0.4, -0.2) is 34.7 Å². The quantitative estimate of drug-likeness (QED) is 0.825. The fourth-order valence-corrected chi connectivity index (χ4v) is 2.32. The third kappa shape index (κ3) is 2.90. The fraction of sp³-hybridized carbons (Fsp3) is 0.357. The van der Waals surface area contributed by atoms with Gasteiger partial charge in [0.2, 0.25) is 11.8 Å². The zero-order valence-electron chi connectivity index (χ0n) is 11.3. The van der Waals surface area contributed by atoms with Crippen molar-refractivity contribution in [2.75, 3.05) is 6.54 Å². The van der Waals surface area contributed by atoms with Gasteiger partial charge in [0.25, 0.3) is 5.91 Å². The summed E-state index contributed by atoms with van der Waals surface area (Å²) >= 11 is 3.33. The van der Waals surface area contributed by atoms with Crippen molar-refractivity contribution in [3.8, 4) is 0 Å². The zero-order chi connectivity index (χ0) is 14.9. The van der Waals surface area contributed by atoms with E-state index in [2.05, 4.69) is 21.2 Å². The van der Waals surface area contributed by atoms with Crippen LogP contribution < -0.4 is 5.32 Å². The first-order valence-corrected chi connectivity index (χ1v) is 6.99. The molecule has 1 N–H and O–H groups in total. The Hall–Kier alpha value is -1.69. The van der Waals surface area contributed by atoms with Crippen LogP contribution >= 0.6 is 15.9 Å². The molecule has 1 saturated heterocycles. The van der Waals surface area contributed by atoms with Crippen molar-refractivity contribution in [1.82, 2.24) is 10.2 Å². The monoisotopic (exact) mass is 338 g/mol. The number of benzene rings is 1. The van der Waals surface area contributed by atoms with E-state index >= 15 is 0 Å². The molecule has 0 atom stereocenters. The number of carbonyl (C=O) groups is 3. The Balaban J connectivity index is 2.16. The summed E-state index contributed by atoms with van der Waals surface area (Å²) in [6.45, 7) is 3.18. The summed E-state index contributed by atoms with van der Waals surface area (Å²) in [5, 5.41) is 2.25. The number of hydrogen-bond donors (Lipinski definition) is 1. The Kier molecular flexibility index (Phi) is 3.94. The number of nitrogens with one attached hydrogen (secondary N) is 1. The summed E-state index contributed by atoms with van der Waals surface area (Å²) in [6.07, 6.45) is 0.164. The molecule has 106 valence electrons. The number of piperazine rings is 1. The molecule has 3 amide bonds. The molecule has 1 fully saturated rings. The minimum Gasteiger partial charge on any atom is -0.319 e. The Labute approximate surface area is 125 Å². The average molecular weight is 339 g/mol. The lowest BCUT2D eigenvalue weighted by molar-refractivity contribution is -0.155. The predicted molar refractivity (Wildman–Crippen MR) is 76.8 cm³/mol. The molecule has 2 rings (SSSR count). The van der Waals surface area contributed by atoms with E-state index < -0.39 is 17.4 Å². The van der Waals surface area contributed by atoms with Crippen LogP contribution in [0.3, 0.4) is 0 Å². The molecule has 0 aromatic heterocycles. The van der Waals surface area contributed by atoms with Gasteiger partial charge in [-0.05, 0) is 31.5 Å². The Morgan fingerprint density at radius 1 is 1.30 bits per heavy atom. The van der Waals surface area contributed by atoms with Crippen molar-refractivity contribution >= 4 is 33.7 Å². The second kappa shape index (κ2) is 5.36. The van der Waals surface area contributed by atoms with E-state index in [0.717, 1.165) is 10.0 Å². The van der Waals surface area contributed by atoms with Gasteiger partial charge in [-0.15, -0.1) is 0 Å². The molecule has 0 spiro atoms. The van der Waals surface area contributed by atoms with Crippen molar-refractivity contribution in [2.45, 2.75) is 25.8 Å². The molecule has 5 nitrogen and oxygen atoms in total. The molecule has 20 heavy (non-hydrogen) atoms. The van der Waals surface area contributed by atoms with Crippen LogP contribution in [-0.2, 0) is 20.8 Å². The van der Waals surface area contributed by atoms with Crippen LogP contribution in [0.4, 0.5) is 0 Å². The van der Waals surface area contributed by atoms with Crippen LogP contribution in [0.2, 0.25) is 0 Å². The van der Waals surface area contributed by atoms with Crippen molar-refractivity contribution in [2.24, 2.45) is 0 Å². The largest absolute Gasteiger partial charge is 0.319 e. The first kappa shape index (κ1) is 14.7. The zero-order valence-corrected chi connectivity index (χ0v) is 12.9. The minimum absolute atomic E-state index is 0.0892. The second-order valence-electron chi connectivity index (χ2n) is 5.22. The van der Waals surface area contributed by atoms with Gasteiger partial charge in [-0.3, -0.25) is 19.7 Å². The normalized spacial score (nSPS) is 17.9. The van der Waals surface area contributed by atoms with E-state index in [1.807, 2.05) is 24.3 Å². The third-order valence-electron chi connectivity index (χ3n) is 3.35. The summed E-state index contributed by atoms with van der Waals surface area (Å²) in [7, 11) is 0. The SMILES string of the molecule is CC1(C)C(=O)NC(=O)CN1C(=O)Cc1ccc(Br)cc1. The third-order valence-corrected chi connectivity index (χ3v) is 3.88. The van der Waals surface area contributed by atoms with Gasteiger partial charge in [0, 0.05) is 4.47 Å². The van der Waals surface area contributed by atoms with Gasteiger partial charge in [-0.25, -0.2) is 0 Å². The van der Waals surface area contributed by atoms with E-state index in [4.69, 9.17) is 0 Å². The highest BCUT2D eigenvalue weighted by atomic mass is 79.9. The summed E-state index contributed by atoms with van der Waals surface area (Å²) in [4.78, 5) is 36.9. The molecule has 6 heteroatoms. The maximum absolute atomic E-state index is 12.3. The topological polar surface area (TPSA) is 66.5 Å². The molecule has 0 bridgehead atoms. The molecule has 0 radical (unpaired) electrons. The van der Waals surface area contributed by atoms with Crippen LogP contribution in [0.1, 0.15) is 19.4 Å². The molecule has 1 aromatic carbocycles. The number of imide groups is 1. The highest BCUT2D eigenvalue weighted by molar-refractivity contribution is 9.10. The molecule has 0 saturated carbocycles. The van der Waals surface area contributed by atoms with Gasteiger partial charge in [0.1, 0.15) is 12.1 Å². The summed E-state index contributed by atoms with van der Waals surface area (Å²) in [5.41, 5.74) is -0.173. The molecule has 0 unspecified atom stereocenters. The molecule has 1 aliphatic heterocycles. The van der Waals surface area contributed by atoms with Crippen LogP contribution in [0, 0.1) is 0 Å². The fourth-order valence-electron chi connectivity index (χ4n) is 2.06. The standard InChI is InChI=1S/C14H15BrN2O3/c1-14(2)13(20)16-11(18)8-17(14)12(19)7-9-3-5-10(15)6-4-9/h3-6H,7-8H2,1-2H3,(H,16,18,20). The molecule has 1 aliphatic rings.